The van der Waals surface area contributed by atoms with Gasteiger partial charge in [-0.2, -0.15) is 33.7 Å². The Kier molecular flexibility index (Phi) is 12.2. The van der Waals surface area contributed by atoms with Gasteiger partial charge >= 0.3 is 12.1 Å². The Morgan fingerprint density at radius 3 is 2.31 bits per heavy atom. The van der Waals surface area contributed by atoms with Crippen LogP contribution in [-0.2, 0) is 6.42 Å². The second-order valence-corrected chi connectivity index (χ2v) is 11.6. The minimum Gasteiger partial charge on any atom is -0.508 e. The average Bonchev–Trinajstić information content (AvgIpc) is 3.06. The van der Waals surface area contributed by atoms with Crippen molar-refractivity contribution in [3.05, 3.63) is 65.2 Å². The smallest absolute Gasteiger partial charge is 0.453 e. The van der Waals surface area contributed by atoms with Crippen molar-refractivity contribution in [1.82, 2.24) is 4.90 Å². The fraction of sp³-hybridized carbons (Fsp3) is 0.548. The summed E-state index contributed by atoms with van der Waals surface area (Å²) in [6.45, 7) is 1.85. The van der Waals surface area contributed by atoms with Crippen LogP contribution in [0.4, 0.5) is 22.0 Å². The average molecular weight is 570 g/mol. The number of rotatable bonds is 15. The quantitative estimate of drug-likeness (QED) is 0.171. The van der Waals surface area contributed by atoms with Crippen LogP contribution in [0, 0.1) is 0 Å². The number of hydrogen-bond donors (Lipinski definition) is 1. The van der Waals surface area contributed by atoms with Gasteiger partial charge in [-0.15, -0.1) is 0 Å². The van der Waals surface area contributed by atoms with Gasteiger partial charge < -0.3 is 10.0 Å². The van der Waals surface area contributed by atoms with Gasteiger partial charge in [-0.3, -0.25) is 0 Å². The molecule has 1 N–H and O–H groups in total. The summed E-state index contributed by atoms with van der Waals surface area (Å²) in [5.41, 5.74) is 6.58. The molecular formula is C31H40F5NOS. The highest BCUT2D eigenvalue weighted by Crippen LogP contribution is 2.40. The Morgan fingerprint density at radius 2 is 1.56 bits per heavy atom. The van der Waals surface area contributed by atoms with Crippen LogP contribution in [0.1, 0.15) is 74.5 Å². The third kappa shape index (κ3) is 9.82. The molecule has 216 valence electrons. The van der Waals surface area contributed by atoms with Crippen LogP contribution in [0.5, 0.6) is 5.75 Å². The van der Waals surface area contributed by atoms with E-state index in [0.717, 1.165) is 70.2 Å². The van der Waals surface area contributed by atoms with Gasteiger partial charge in [0.25, 0.3) is 0 Å². The molecule has 8 heteroatoms. The Bertz CT molecular complexity index is 1050. The molecule has 0 aliphatic heterocycles. The number of nitrogens with zero attached hydrogens (tertiary/aromatic N) is 1. The van der Waals surface area contributed by atoms with E-state index < -0.39 is 18.5 Å². The summed E-state index contributed by atoms with van der Waals surface area (Å²) in [5, 5.41) is 10.0. The van der Waals surface area contributed by atoms with Crippen molar-refractivity contribution in [3.8, 4) is 5.75 Å². The first-order valence-electron chi connectivity index (χ1n) is 13.9. The normalized spacial score (nSPS) is 14.5. The zero-order valence-corrected chi connectivity index (χ0v) is 23.5. The maximum atomic E-state index is 12.9. The maximum absolute atomic E-state index is 12.9. The standard InChI is InChI=1S/C31H40F5NOS/c1-37(20-10-22-39-21-9-18-30(32,33)31(34,35)36)19-7-3-6-14-29-27(24-11-4-2-5-12-24)15-8-13-25-23-26(38)16-17-28(25)29/h2,4-5,11-12,16-17,23,38H,3,6-10,13-15,18-22H2,1H3. The van der Waals surface area contributed by atoms with Gasteiger partial charge in [0.15, 0.2) is 0 Å². The largest absolute Gasteiger partial charge is 0.508 e. The molecule has 3 rings (SSSR count). The lowest BCUT2D eigenvalue weighted by Gasteiger charge is -2.19. The Hall–Kier alpha value is -2.06. The summed E-state index contributed by atoms with van der Waals surface area (Å²) < 4.78 is 62.5. The molecule has 2 nitrogen and oxygen atoms in total. The first-order chi connectivity index (χ1) is 18.6. The minimum atomic E-state index is -5.45. The third-order valence-electron chi connectivity index (χ3n) is 7.26. The number of fused-ring (bicyclic) bond motifs is 1. The number of phenolic OH excluding ortho intramolecular Hbond substituents is 1. The summed E-state index contributed by atoms with van der Waals surface area (Å²) in [6, 6.07) is 16.4. The van der Waals surface area contributed by atoms with Crippen LogP contribution in [0.2, 0.25) is 0 Å². The molecule has 0 aromatic heterocycles. The molecule has 0 spiro atoms. The van der Waals surface area contributed by atoms with E-state index >= 15 is 0 Å². The number of aromatic hydroxyl groups is 1. The number of aryl methyl sites for hydroxylation is 1. The summed E-state index contributed by atoms with van der Waals surface area (Å²) in [6.07, 6.45) is 1.47. The van der Waals surface area contributed by atoms with Gasteiger partial charge in [0.1, 0.15) is 5.75 Å². The lowest BCUT2D eigenvalue weighted by molar-refractivity contribution is -0.284. The number of unbranched alkanes of at least 4 members (excludes halogenated alkanes) is 2. The molecular weight excluding hydrogens is 529 g/mol. The molecule has 0 heterocycles. The third-order valence-corrected chi connectivity index (χ3v) is 8.42. The van der Waals surface area contributed by atoms with Gasteiger partial charge in [0.05, 0.1) is 0 Å². The predicted octanol–water partition coefficient (Wildman–Crippen LogP) is 9.23. The zero-order chi connectivity index (χ0) is 28.3. The number of benzene rings is 2. The number of alkyl halides is 5. The number of phenols is 1. The van der Waals surface area contributed by atoms with Gasteiger partial charge in [-0.25, -0.2) is 0 Å². The van der Waals surface area contributed by atoms with Crippen LogP contribution < -0.4 is 0 Å². The molecule has 0 unspecified atom stereocenters. The lowest BCUT2D eigenvalue weighted by Crippen LogP contribution is -2.36. The minimum absolute atomic E-state index is 0.138. The van der Waals surface area contributed by atoms with Gasteiger partial charge in [-0.05, 0) is 123 Å². The van der Waals surface area contributed by atoms with E-state index in [-0.39, 0.29) is 6.42 Å². The van der Waals surface area contributed by atoms with Crippen molar-refractivity contribution in [2.45, 2.75) is 76.3 Å². The van der Waals surface area contributed by atoms with E-state index in [1.54, 1.807) is 6.07 Å². The van der Waals surface area contributed by atoms with E-state index in [1.807, 2.05) is 12.1 Å². The van der Waals surface area contributed by atoms with Gasteiger partial charge in [0.2, 0.25) is 0 Å². The van der Waals surface area contributed by atoms with Crippen molar-refractivity contribution < 1.29 is 27.1 Å². The predicted molar refractivity (Wildman–Crippen MR) is 152 cm³/mol. The van der Waals surface area contributed by atoms with E-state index in [1.165, 1.54) is 39.6 Å². The highest BCUT2D eigenvalue weighted by Gasteiger charge is 2.56. The fourth-order valence-electron chi connectivity index (χ4n) is 5.14. The zero-order valence-electron chi connectivity index (χ0n) is 22.7. The Balaban J connectivity index is 1.39. The van der Waals surface area contributed by atoms with Crippen molar-refractivity contribution in [3.63, 3.8) is 0 Å². The summed E-state index contributed by atoms with van der Waals surface area (Å²) in [5.74, 6) is -3.19. The molecule has 0 saturated heterocycles. The molecule has 0 bridgehead atoms. The number of halogens is 5. The maximum Gasteiger partial charge on any atom is 0.453 e. The van der Waals surface area contributed by atoms with E-state index in [2.05, 4.69) is 42.3 Å². The molecule has 0 radical (unpaired) electrons. The van der Waals surface area contributed by atoms with Crippen molar-refractivity contribution in [2.24, 2.45) is 0 Å². The molecule has 0 atom stereocenters. The summed E-state index contributed by atoms with van der Waals surface area (Å²) in [7, 11) is 2.07. The van der Waals surface area contributed by atoms with Crippen LogP contribution in [0.3, 0.4) is 0 Å². The summed E-state index contributed by atoms with van der Waals surface area (Å²) >= 11 is 1.44. The van der Waals surface area contributed by atoms with Crippen LogP contribution in [-0.4, -0.2) is 53.7 Å². The molecule has 0 amide bonds. The van der Waals surface area contributed by atoms with E-state index in [4.69, 9.17) is 0 Å². The lowest BCUT2D eigenvalue weighted by atomic mass is 9.89. The first-order valence-corrected chi connectivity index (χ1v) is 15.0. The van der Waals surface area contributed by atoms with Crippen LogP contribution >= 0.6 is 11.8 Å². The Morgan fingerprint density at radius 1 is 0.846 bits per heavy atom. The second-order valence-electron chi connectivity index (χ2n) is 10.4. The Labute approximate surface area is 233 Å². The molecule has 0 fully saturated rings. The number of allylic oxidation sites excluding steroid dienone is 2. The van der Waals surface area contributed by atoms with E-state index in [9.17, 15) is 27.1 Å². The molecule has 39 heavy (non-hydrogen) atoms. The molecule has 1 aliphatic rings. The molecule has 0 saturated carbocycles. The van der Waals surface area contributed by atoms with Crippen molar-refractivity contribution >= 4 is 22.9 Å². The van der Waals surface area contributed by atoms with Crippen LogP contribution in [0.25, 0.3) is 11.1 Å². The molecule has 1 aliphatic carbocycles. The van der Waals surface area contributed by atoms with Crippen LogP contribution in [0.15, 0.2) is 48.5 Å². The van der Waals surface area contributed by atoms with Gasteiger partial charge in [-0.1, -0.05) is 42.8 Å². The highest BCUT2D eigenvalue weighted by atomic mass is 32.2. The SMILES string of the molecule is CN(CCCCCC1=C(c2ccccc2)CCCc2cc(O)ccc21)CCCSCCCC(F)(F)C(F)(F)F. The highest BCUT2D eigenvalue weighted by molar-refractivity contribution is 7.99. The van der Waals surface area contributed by atoms with Crippen molar-refractivity contribution in [1.29, 1.82) is 0 Å². The topological polar surface area (TPSA) is 23.5 Å². The molecule has 2 aromatic rings. The summed E-state index contributed by atoms with van der Waals surface area (Å²) in [4.78, 5) is 2.26. The second kappa shape index (κ2) is 15.1. The number of hydrogen-bond acceptors (Lipinski definition) is 3. The van der Waals surface area contributed by atoms with E-state index in [0.29, 0.717) is 11.5 Å². The monoisotopic (exact) mass is 569 g/mol. The van der Waals surface area contributed by atoms with Gasteiger partial charge in [0, 0.05) is 6.42 Å². The van der Waals surface area contributed by atoms with Crippen molar-refractivity contribution in [2.75, 3.05) is 31.6 Å². The molecule has 2 aromatic carbocycles. The number of thioether (sulfide) groups is 1. The fourth-order valence-corrected chi connectivity index (χ4v) is 6.03. The first kappa shape index (κ1) is 31.5.